The first-order valence-electron chi connectivity index (χ1n) is 2.74. The van der Waals surface area contributed by atoms with Crippen LogP contribution >= 0.6 is 11.3 Å². The molecule has 12 heavy (non-hydrogen) atoms. The van der Waals surface area contributed by atoms with Crippen molar-refractivity contribution in [2.45, 2.75) is 6.18 Å². The lowest BCUT2D eigenvalue weighted by molar-refractivity contribution is -0.140. The lowest BCUT2D eigenvalue weighted by Gasteiger charge is -2.01. The molecule has 1 aromatic rings. The highest BCUT2D eigenvalue weighted by molar-refractivity contribution is 7.11. The van der Waals surface area contributed by atoms with Gasteiger partial charge in [-0.1, -0.05) is 5.16 Å². The van der Waals surface area contributed by atoms with Gasteiger partial charge < -0.3 is 5.21 Å². The minimum Gasteiger partial charge on any atom is -0.411 e. The third kappa shape index (κ3) is 1.73. The van der Waals surface area contributed by atoms with E-state index in [0.29, 0.717) is 6.21 Å². The molecular formula is C5H3F3N2OS. The van der Waals surface area contributed by atoms with Crippen molar-refractivity contribution in [3.63, 3.8) is 0 Å². The van der Waals surface area contributed by atoms with Crippen LogP contribution in [0.3, 0.4) is 0 Å². The van der Waals surface area contributed by atoms with Gasteiger partial charge >= 0.3 is 6.18 Å². The fourth-order valence-electron chi connectivity index (χ4n) is 0.612. The lowest BCUT2D eigenvalue weighted by atomic mass is 10.4. The van der Waals surface area contributed by atoms with Gasteiger partial charge in [0.05, 0.1) is 16.6 Å². The van der Waals surface area contributed by atoms with Crippen LogP contribution in [0.2, 0.25) is 0 Å². The zero-order valence-electron chi connectivity index (χ0n) is 5.54. The molecule has 0 spiro atoms. The zero-order chi connectivity index (χ0) is 9.19. The number of nitrogens with zero attached hydrogens (tertiary/aromatic N) is 2. The number of oxime groups is 1. The summed E-state index contributed by atoms with van der Waals surface area (Å²) < 4.78 is 36.0. The quantitative estimate of drug-likeness (QED) is 0.424. The number of halogens is 3. The second-order valence-electron chi connectivity index (χ2n) is 1.81. The molecule has 3 nitrogen and oxygen atoms in total. The van der Waals surface area contributed by atoms with E-state index < -0.39 is 11.9 Å². The van der Waals surface area contributed by atoms with E-state index in [2.05, 4.69) is 10.1 Å². The molecule has 0 aromatic carbocycles. The summed E-state index contributed by atoms with van der Waals surface area (Å²) in [5.41, 5.74) is 0.0186. The maximum Gasteiger partial charge on any atom is 0.434 e. The average Bonchev–Trinajstić information content (AvgIpc) is 2.34. The van der Waals surface area contributed by atoms with Gasteiger partial charge in [-0.3, -0.25) is 0 Å². The van der Waals surface area contributed by atoms with E-state index in [4.69, 9.17) is 5.21 Å². The minimum atomic E-state index is -4.49. The Kier molecular flexibility index (Phi) is 2.32. The summed E-state index contributed by atoms with van der Waals surface area (Å²) in [6.45, 7) is 0. The molecule has 0 saturated carbocycles. The third-order valence-electron chi connectivity index (χ3n) is 1.04. The van der Waals surface area contributed by atoms with Crippen molar-refractivity contribution in [2.75, 3.05) is 0 Å². The summed E-state index contributed by atoms with van der Waals surface area (Å²) in [4.78, 5) is 2.89. The average molecular weight is 196 g/mol. The van der Waals surface area contributed by atoms with E-state index in [0.717, 1.165) is 16.8 Å². The van der Waals surface area contributed by atoms with Gasteiger partial charge in [0.15, 0.2) is 5.69 Å². The SMILES string of the molecule is ON=Cc1scnc1C(F)(F)F. The van der Waals surface area contributed by atoms with E-state index in [1.54, 1.807) is 0 Å². The highest BCUT2D eigenvalue weighted by Gasteiger charge is 2.35. The lowest BCUT2D eigenvalue weighted by Crippen LogP contribution is -2.07. The fraction of sp³-hybridized carbons (Fsp3) is 0.200. The van der Waals surface area contributed by atoms with Gasteiger partial charge in [-0.25, -0.2) is 4.98 Å². The van der Waals surface area contributed by atoms with Gasteiger partial charge in [-0.05, 0) is 0 Å². The van der Waals surface area contributed by atoms with Gasteiger partial charge in [-0.15, -0.1) is 11.3 Å². The summed E-state index contributed by atoms with van der Waals surface area (Å²) in [7, 11) is 0. The number of thiazole rings is 1. The Morgan fingerprint density at radius 1 is 1.58 bits per heavy atom. The normalized spacial score (nSPS) is 12.6. The second kappa shape index (κ2) is 3.10. The summed E-state index contributed by atoms with van der Waals surface area (Å²) in [6, 6.07) is 0. The van der Waals surface area contributed by atoms with Crippen LogP contribution in [-0.4, -0.2) is 16.4 Å². The molecule has 1 rings (SSSR count). The van der Waals surface area contributed by atoms with Crippen molar-refractivity contribution in [3.8, 4) is 0 Å². The smallest absolute Gasteiger partial charge is 0.411 e. The van der Waals surface area contributed by atoms with Gasteiger partial charge in [0.25, 0.3) is 0 Å². The first kappa shape index (κ1) is 8.98. The van der Waals surface area contributed by atoms with E-state index in [1.807, 2.05) is 0 Å². The Morgan fingerprint density at radius 3 is 2.75 bits per heavy atom. The number of alkyl halides is 3. The Morgan fingerprint density at radius 2 is 2.25 bits per heavy atom. The van der Waals surface area contributed by atoms with Gasteiger partial charge in [0.1, 0.15) is 0 Å². The van der Waals surface area contributed by atoms with Crippen molar-refractivity contribution in [3.05, 3.63) is 16.1 Å². The Balaban J connectivity index is 3.07. The summed E-state index contributed by atoms with van der Waals surface area (Å²) in [5, 5.41) is 10.5. The maximum absolute atomic E-state index is 12.0. The first-order valence-corrected chi connectivity index (χ1v) is 3.62. The largest absolute Gasteiger partial charge is 0.434 e. The highest BCUT2D eigenvalue weighted by atomic mass is 32.1. The number of hydrogen-bond acceptors (Lipinski definition) is 4. The molecule has 0 saturated heterocycles. The van der Waals surface area contributed by atoms with Crippen molar-refractivity contribution in [1.29, 1.82) is 0 Å². The number of rotatable bonds is 1. The van der Waals surface area contributed by atoms with Gasteiger partial charge in [-0.2, -0.15) is 13.2 Å². The fourth-order valence-corrected chi connectivity index (χ4v) is 1.27. The van der Waals surface area contributed by atoms with Crippen molar-refractivity contribution < 1.29 is 18.4 Å². The van der Waals surface area contributed by atoms with E-state index >= 15 is 0 Å². The van der Waals surface area contributed by atoms with Crippen molar-refractivity contribution in [1.82, 2.24) is 4.98 Å². The Labute approximate surface area is 69.2 Å². The Hall–Kier alpha value is -1.11. The molecule has 0 aliphatic heterocycles. The van der Waals surface area contributed by atoms with Crippen LogP contribution in [0.15, 0.2) is 10.7 Å². The second-order valence-corrected chi connectivity index (χ2v) is 2.69. The molecule has 0 radical (unpaired) electrons. The maximum atomic E-state index is 12.0. The standard InChI is InChI=1S/C5H3F3N2OS/c6-5(7,8)4-3(1-10-11)12-2-9-4/h1-2,11H. The first-order chi connectivity index (χ1) is 5.55. The molecule has 0 atom stereocenters. The molecule has 0 bridgehead atoms. The highest BCUT2D eigenvalue weighted by Crippen LogP contribution is 2.31. The topological polar surface area (TPSA) is 45.5 Å². The van der Waals surface area contributed by atoms with E-state index in [1.165, 1.54) is 0 Å². The van der Waals surface area contributed by atoms with Crippen molar-refractivity contribution in [2.24, 2.45) is 5.16 Å². The van der Waals surface area contributed by atoms with Crippen LogP contribution in [0.5, 0.6) is 0 Å². The van der Waals surface area contributed by atoms with E-state index in [-0.39, 0.29) is 4.88 Å². The molecular weight excluding hydrogens is 193 g/mol. The molecule has 1 N–H and O–H groups in total. The Bertz CT molecular complexity index is 293. The summed E-state index contributed by atoms with van der Waals surface area (Å²) in [5.74, 6) is 0. The van der Waals surface area contributed by atoms with Crippen LogP contribution in [0, 0.1) is 0 Å². The minimum absolute atomic E-state index is 0.204. The van der Waals surface area contributed by atoms with Gasteiger partial charge in [0.2, 0.25) is 0 Å². The van der Waals surface area contributed by atoms with Crippen LogP contribution in [0.4, 0.5) is 13.2 Å². The molecule has 0 amide bonds. The number of aromatic nitrogens is 1. The predicted octanol–water partition coefficient (Wildman–Crippen LogP) is 1.97. The molecule has 1 heterocycles. The monoisotopic (exact) mass is 196 g/mol. The molecule has 0 unspecified atom stereocenters. The summed E-state index contributed by atoms with van der Waals surface area (Å²) in [6.07, 6.45) is -3.78. The van der Waals surface area contributed by atoms with E-state index in [9.17, 15) is 13.2 Å². The molecule has 1 aromatic heterocycles. The van der Waals surface area contributed by atoms with Crippen LogP contribution in [0.1, 0.15) is 10.6 Å². The van der Waals surface area contributed by atoms with Crippen LogP contribution in [0.25, 0.3) is 0 Å². The van der Waals surface area contributed by atoms with Crippen molar-refractivity contribution >= 4 is 17.6 Å². The molecule has 66 valence electrons. The van der Waals surface area contributed by atoms with Crippen LogP contribution in [-0.2, 0) is 6.18 Å². The van der Waals surface area contributed by atoms with Crippen LogP contribution < -0.4 is 0 Å². The van der Waals surface area contributed by atoms with Gasteiger partial charge in [0, 0.05) is 0 Å². The molecule has 0 aliphatic carbocycles. The number of hydrogen-bond donors (Lipinski definition) is 1. The zero-order valence-corrected chi connectivity index (χ0v) is 6.35. The molecule has 0 fully saturated rings. The predicted molar refractivity (Wildman–Crippen MR) is 36.5 cm³/mol. The summed E-state index contributed by atoms with van der Waals surface area (Å²) >= 11 is 0.761. The third-order valence-corrected chi connectivity index (χ3v) is 1.80. The molecule has 0 aliphatic rings. The molecule has 7 heteroatoms.